The third kappa shape index (κ3) is 4.93. The molecule has 1 aromatic carbocycles. The maximum absolute atomic E-state index is 12.9. The number of fused-ring (bicyclic) bond motifs is 1. The van der Waals surface area contributed by atoms with Gasteiger partial charge in [0.25, 0.3) is 0 Å². The summed E-state index contributed by atoms with van der Waals surface area (Å²) in [5.41, 5.74) is 7.06. The van der Waals surface area contributed by atoms with E-state index in [0.29, 0.717) is 6.42 Å². The minimum Gasteiger partial charge on any atom is -0.391 e. The molecule has 0 aliphatic carbocycles. The number of amides is 3. The molecule has 2 unspecified atom stereocenters. The lowest BCUT2D eigenvalue weighted by atomic mass is 10.0. The van der Waals surface area contributed by atoms with Gasteiger partial charge in [0.1, 0.15) is 12.1 Å². The normalized spacial score (nSPS) is 19.4. The van der Waals surface area contributed by atoms with Crippen LogP contribution >= 0.6 is 0 Å². The molecule has 3 rings (SSSR count). The molecule has 2 aromatic rings. The minimum absolute atomic E-state index is 0.222. The number of nitrogens with two attached hydrogens (primary N) is 1. The van der Waals surface area contributed by atoms with Gasteiger partial charge in [-0.3, -0.25) is 14.4 Å². The number of para-hydroxylation sites is 1. The second-order valence-electron chi connectivity index (χ2n) is 7.40. The van der Waals surface area contributed by atoms with Crippen molar-refractivity contribution in [2.24, 2.45) is 5.73 Å². The lowest BCUT2D eigenvalue weighted by Crippen LogP contribution is -2.58. The van der Waals surface area contributed by atoms with Crippen molar-refractivity contribution in [1.82, 2.24) is 20.9 Å². The van der Waals surface area contributed by atoms with Crippen LogP contribution in [0.1, 0.15) is 25.3 Å². The van der Waals surface area contributed by atoms with E-state index in [1.165, 1.54) is 6.92 Å². The van der Waals surface area contributed by atoms with Crippen LogP contribution in [0, 0.1) is 0 Å². The molecule has 3 amide bonds. The first kappa shape index (κ1) is 20.8. The van der Waals surface area contributed by atoms with Gasteiger partial charge in [-0.15, -0.1) is 0 Å². The van der Waals surface area contributed by atoms with Crippen molar-refractivity contribution in [2.75, 3.05) is 6.54 Å². The highest BCUT2D eigenvalue weighted by molar-refractivity contribution is 5.94. The van der Waals surface area contributed by atoms with Crippen molar-refractivity contribution in [1.29, 1.82) is 0 Å². The number of rotatable bonds is 8. The molecule has 1 saturated heterocycles. The molecule has 9 heteroatoms. The molecule has 1 aliphatic heterocycles. The van der Waals surface area contributed by atoms with Crippen LogP contribution in [0.15, 0.2) is 30.5 Å². The summed E-state index contributed by atoms with van der Waals surface area (Å²) in [5.74, 6) is -1.69. The number of primary amides is 1. The second-order valence-corrected chi connectivity index (χ2v) is 7.40. The predicted octanol–water partition coefficient (Wildman–Crippen LogP) is -0.702. The first-order valence-electron chi connectivity index (χ1n) is 9.73. The molecule has 0 bridgehead atoms. The smallest absolute Gasteiger partial charge is 0.243 e. The van der Waals surface area contributed by atoms with Crippen molar-refractivity contribution >= 4 is 28.6 Å². The molecule has 156 valence electrons. The number of hydrogen-bond donors (Lipinski definition) is 6. The van der Waals surface area contributed by atoms with Gasteiger partial charge in [-0.1, -0.05) is 18.2 Å². The zero-order valence-corrected chi connectivity index (χ0v) is 16.3. The number of H-pyrrole nitrogens is 1. The van der Waals surface area contributed by atoms with Gasteiger partial charge in [0.15, 0.2) is 0 Å². The maximum atomic E-state index is 12.9. The number of aromatic amines is 1. The highest BCUT2D eigenvalue weighted by Crippen LogP contribution is 2.19. The quantitative estimate of drug-likeness (QED) is 0.346. The average molecular weight is 401 g/mol. The molecule has 0 saturated carbocycles. The van der Waals surface area contributed by atoms with E-state index in [4.69, 9.17) is 5.73 Å². The SMILES string of the molecule is C[C@@H](O)[C@H](NC(=O)C(Cc1c[nH]c2ccccc12)NC(=O)C1CCCN1)C(N)=O. The van der Waals surface area contributed by atoms with Gasteiger partial charge in [-0.2, -0.15) is 0 Å². The van der Waals surface area contributed by atoms with Crippen LogP contribution < -0.4 is 21.7 Å². The summed E-state index contributed by atoms with van der Waals surface area (Å²) in [6, 6.07) is 5.13. The van der Waals surface area contributed by atoms with E-state index >= 15 is 0 Å². The van der Waals surface area contributed by atoms with Crippen LogP contribution in [0.3, 0.4) is 0 Å². The van der Waals surface area contributed by atoms with E-state index in [9.17, 15) is 19.5 Å². The summed E-state index contributed by atoms with van der Waals surface area (Å²) >= 11 is 0. The van der Waals surface area contributed by atoms with Crippen molar-refractivity contribution in [2.45, 2.75) is 50.4 Å². The molecule has 1 fully saturated rings. The molecule has 2 heterocycles. The highest BCUT2D eigenvalue weighted by Gasteiger charge is 2.31. The van der Waals surface area contributed by atoms with Crippen LogP contribution in [0.4, 0.5) is 0 Å². The molecule has 0 radical (unpaired) electrons. The topological polar surface area (TPSA) is 149 Å². The van der Waals surface area contributed by atoms with Crippen LogP contribution in [0.2, 0.25) is 0 Å². The lowest BCUT2D eigenvalue weighted by Gasteiger charge is -2.24. The Kier molecular flexibility index (Phi) is 6.50. The molecule has 9 nitrogen and oxygen atoms in total. The average Bonchev–Trinajstić information content (AvgIpc) is 3.35. The number of benzene rings is 1. The lowest BCUT2D eigenvalue weighted by molar-refractivity contribution is -0.133. The van der Waals surface area contributed by atoms with Gasteiger partial charge in [0.05, 0.1) is 12.1 Å². The predicted molar refractivity (Wildman–Crippen MR) is 108 cm³/mol. The number of aromatic nitrogens is 1. The van der Waals surface area contributed by atoms with Crippen LogP contribution in [0.5, 0.6) is 0 Å². The van der Waals surface area contributed by atoms with Crippen molar-refractivity contribution < 1.29 is 19.5 Å². The fraction of sp³-hybridized carbons (Fsp3) is 0.450. The van der Waals surface area contributed by atoms with Crippen LogP contribution in [-0.4, -0.2) is 58.6 Å². The molecule has 0 spiro atoms. The third-order valence-corrected chi connectivity index (χ3v) is 5.20. The summed E-state index contributed by atoms with van der Waals surface area (Å²) in [4.78, 5) is 40.2. The first-order chi connectivity index (χ1) is 13.9. The maximum Gasteiger partial charge on any atom is 0.243 e. The van der Waals surface area contributed by atoms with E-state index in [2.05, 4.69) is 20.9 Å². The Bertz CT molecular complexity index is 888. The Morgan fingerprint density at radius 1 is 1.28 bits per heavy atom. The Balaban J connectivity index is 1.81. The Labute approximate surface area is 168 Å². The Hall–Kier alpha value is -2.91. The number of carbonyl (C=O) groups is 3. The number of hydrogen-bond acceptors (Lipinski definition) is 5. The van der Waals surface area contributed by atoms with Gasteiger partial charge >= 0.3 is 0 Å². The van der Waals surface area contributed by atoms with Crippen molar-refractivity contribution in [3.63, 3.8) is 0 Å². The Morgan fingerprint density at radius 3 is 2.69 bits per heavy atom. The number of carbonyl (C=O) groups excluding carboxylic acids is 3. The molecule has 1 aliphatic rings. The van der Waals surface area contributed by atoms with Gasteiger partial charge in [0.2, 0.25) is 17.7 Å². The highest BCUT2D eigenvalue weighted by atomic mass is 16.3. The van der Waals surface area contributed by atoms with Gasteiger partial charge in [0, 0.05) is 23.5 Å². The van der Waals surface area contributed by atoms with E-state index in [1.807, 2.05) is 24.3 Å². The monoisotopic (exact) mass is 401 g/mol. The summed E-state index contributed by atoms with van der Waals surface area (Å²) in [6.07, 6.45) is 2.45. The molecular weight excluding hydrogens is 374 g/mol. The minimum atomic E-state index is -1.24. The summed E-state index contributed by atoms with van der Waals surface area (Å²) < 4.78 is 0. The van der Waals surface area contributed by atoms with E-state index in [1.54, 1.807) is 6.20 Å². The standard InChI is InChI=1S/C20H27N5O4/c1-11(26)17(18(21)27)25-20(29)16(24-19(28)15-7-4-8-22-15)9-12-10-23-14-6-3-2-5-13(12)14/h2-3,5-6,10-11,15-17,22-23,26H,4,7-9H2,1H3,(H2,21,27)(H,24,28)(H,25,29)/t11-,15?,16?,17+/m1/s1. The number of nitrogens with one attached hydrogen (secondary N) is 4. The van der Waals surface area contributed by atoms with Crippen molar-refractivity contribution in [3.05, 3.63) is 36.0 Å². The zero-order valence-electron chi connectivity index (χ0n) is 16.3. The largest absolute Gasteiger partial charge is 0.391 e. The fourth-order valence-electron chi connectivity index (χ4n) is 3.59. The second kappa shape index (κ2) is 9.06. The van der Waals surface area contributed by atoms with Crippen LogP contribution in [-0.2, 0) is 20.8 Å². The summed E-state index contributed by atoms with van der Waals surface area (Å²) in [7, 11) is 0. The van der Waals surface area contributed by atoms with Gasteiger partial charge in [-0.05, 0) is 37.9 Å². The van der Waals surface area contributed by atoms with Crippen molar-refractivity contribution in [3.8, 4) is 0 Å². The molecule has 4 atom stereocenters. The Morgan fingerprint density at radius 2 is 2.03 bits per heavy atom. The molecule has 7 N–H and O–H groups in total. The molecular formula is C20H27N5O4. The van der Waals surface area contributed by atoms with E-state index in [-0.39, 0.29) is 18.4 Å². The van der Waals surface area contributed by atoms with Gasteiger partial charge < -0.3 is 31.8 Å². The summed E-state index contributed by atoms with van der Waals surface area (Å²) in [5, 5.41) is 19.0. The molecule has 1 aromatic heterocycles. The zero-order chi connectivity index (χ0) is 21.0. The number of aliphatic hydroxyl groups excluding tert-OH is 1. The summed E-state index contributed by atoms with van der Waals surface area (Å²) in [6.45, 7) is 2.12. The fourth-order valence-corrected chi connectivity index (χ4v) is 3.59. The van der Waals surface area contributed by atoms with E-state index < -0.39 is 30.0 Å². The first-order valence-corrected chi connectivity index (χ1v) is 9.73. The van der Waals surface area contributed by atoms with E-state index in [0.717, 1.165) is 29.4 Å². The van der Waals surface area contributed by atoms with Gasteiger partial charge in [-0.25, -0.2) is 0 Å². The van der Waals surface area contributed by atoms with Crippen LogP contribution in [0.25, 0.3) is 10.9 Å². The number of aliphatic hydroxyl groups is 1. The molecule has 29 heavy (non-hydrogen) atoms. The third-order valence-electron chi connectivity index (χ3n) is 5.20.